The average Bonchev–Trinajstić information content (AvgIpc) is 2.76. The van der Waals surface area contributed by atoms with Gasteiger partial charge in [0.1, 0.15) is 16.7 Å². The van der Waals surface area contributed by atoms with Gasteiger partial charge in [-0.1, -0.05) is 0 Å². The van der Waals surface area contributed by atoms with Gasteiger partial charge in [-0.15, -0.1) is 0 Å². The Balaban J connectivity index is 2.32. The molecule has 3 aromatic rings. The average molecular weight is 466 g/mol. The molecule has 1 aliphatic carbocycles. The number of aryl methyl sites for hydroxylation is 1. The number of carbonyl (C=O) groups excluding carboxylic acids is 4. The van der Waals surface area contributed by atoms with E-state index < -0.39 is 51.6 Å². The minimum atomic E-state index is -0.851. The highest BCUT2D eigenvalue weighted by Gasteiger charge is 2.38. The summed E-state index contributed by atoms with van der Waals surface area (Å²) >= 11 is 0. The number of methoxy groups -OCH3 is 2. The fourth-order valence-electron chi connectivity index (χ4n) is 3.90. The van der Waals surface area contributed by atoms with Crippen molar-refractivity contribution in [3.8, 4) is 17.2 Å². The summed E-state index contributed by atoms with van der Waals surface area (Å²) < 4.78 is 26.8. The molecule has 0 unspecified atom stereocenters. The maximum Gasteiger partial charge on any atom is 0.308 e. The van der Waals surface area contributed by atoms with Crippen molar-refractivity contribution in [3.63, 3.8) is 0 Å². The fraction of sp³-hybridized carbons (Fsp3) is 0.208. The summed E-state index contributed by atoms with van der Waals surface area (Å²) in [4.78, 5) is 63.8. The molecule has 1 aromatic heterocycles. The molecule has 2 aromatic carbocycles. The summed E-state index contributed by atoms with van der Waals surface area (Å²) in [6.07, 6.45) is 0.903. The van der Waals surface area contributed by atoms with Crippen LogP contribution in [0.1, 0.15) is 40.1 Å². The normalized spacial score (nSPS) is 12.9. The van der Waals surface area contributed by atoms with E-state index in [-0.39, 0.29) is 27.7 Å². The van der Waals surface area contributed by atoms with Crippen LogP contribution in [0.25, 0.3) is 21.9 Å². The second-order valence-electron chi connectivity index (χ2n) is 7.45. The van der Waals surface area contributed by atoms with Gasteiger partial charge in [-0.3, -0.25) is 24.0 Å². The molecule has 0 saturated carbocycles. The third-order valence-electron chi connectivity index (χ3n) is 5.21. The lowest BCUT2D eigenvalue weighted by molar-refractivity contribution is -0.133. The summed E-state index contributed by atoms with van der Waals surface area (Å²) in [5.74, 6) is -4.19. The predicted octanol–water partition coefficient (Wildman–Crippen LogP) is 3.02. The second kappa shape index (κ2) is 8.14. The fourth-order valence-corrected chi connectivity index (χ4v) is 3.90. The summed E-state index contributed by atoms with van der Waals surface area (Å²) in [6.45, 7) is 3.79. The first-order valence-electron chi connectivity index (χ1n) is 9.95. The number of hydrogen-bond donors (Lipinski definition) is 0. The number of Topliss-reactive ketones (excluding diaryl/α,β-unsaturated/α-hetero) is 1. The van der Waals surface area contributed by atoms with Crippen molar-refractivity contribution in [1.82, 2.24) is 0 Å². The Bertz CT molecular complexity index is 1540. The van der Waals surface area contributed by atoms with Crippen LogP contribution in [0.3, 0.4) is 0 Å². The van der Waals surface area contributed by atoms with E-state index in [0.29, 0.717) is 11.3 Å². The second-order valence-corrected chi connectivity index (χ2v) is 7.45. The molecule has 4 rings (SSSR count). The zero-order valence-corrected chi connectivity index (χ0v) is 18.8. The lowest BCUT2D eigenvalue weighted by atomic mass is 9.89. The molecule has 0 N–H and O–H groups in total. The number of carbonyl (C=O) groups is 4. The van der Waals surface area contributed by atoms with Crippen molar-refractivity contribution in [2.75, 3.05) is 14.2 Å². The van der Waals surface area contributed by atoms with Crippen LogP contribution in [0, 0.1) is 6.92 Å². The van der Waals surface area contributed by atoms with Gasteiger partial charge < -0.3 is 23.4 Å². The van der Waals surface area contributed by atoms with Crippen molar-refractivity contribution in [3.05, 3.63) is 50.9 Å². The van der Waals surface area contributed by atoms with Crippen molar-refractivity contribution >= 4 is 45.4 Å². The molecule has 0 saturated heterocycles. The van der Waals surface area contributed by atoms with Crippen molar-refractivity contribution in [2.24, 2.45) is 0 Å². The first kappa shape index (κ1) is 22.7. The Morgan fingerprint density at radius 1 is 0.853 bits per heavy atom. The first-order valence-corrected chi connectivity index (χ1v) is 9.95. The number of fused-ring (bicyclic) bond motifs is 3. The Kier molecular flexibility index (Phi) is 5.44. The van der Waals surface area contributed by atoms with E-state index in [1.165, 1.54) is 20.3 Å². The third-order valence-corrected chi connectivity index (χ3v) is 5.21. The van der Waals surface area contributed by atoms with E-state index in [2.05, 4.69) is 0 Å². The molecule has 0 amide bonds. The Labute approximate surface area is 191 Å². The van der Waals surface area contributed by atoms with Crippen LogP contribution in [0.15, 0.2) is 33.2 Å². The molecular formula is C24H18O10. The van der Waals surface area contributed by atoms with Crippen LogP contribution in [0.5, 0.6) is 17.2 Å². The van der Waals surface area contributed by atoms with E-state index in [0.717, 1.165) is 19.9 Å². The smallest absolute Gasteiger partial charge is 0.308 e. The molecular weight excluding hydrogens is 448 g/mol. The molecule has 1 aliphatic rings. The van der Waals surface area contributed by atoms with Gasteiger partial charge >= 0.3 is 11.9 Å². The number of benzene rings is 2. The minimum absolute atomic E-state index is 0.0635. The maximum atomic E-state index is 13.7. The van der Waals surface area contributed by atoms with E-state index in [1.54, 1.807) is 13.0 Å². The zero-order valence-electron chi connectivity index (χ0n) is 18.8. The molecule has 0 aliphatic heterocycles. The van der Waals surface area contributed by atoms with Crippen molar-refractivity contribution in [2.45, 2.75) is 20.8 Å². The highest BCUT2D eigenvalue weighted by molar-refractivity contribution is 6.29. The summed E-state index contributed by atoms with van der Waals surface area (Å²) in [7, 11) is 2.62. The minimum Gasteiger partial charge on any atom is -0.497 e. The standard InChI is InChI=1S/C24H18O10/c1-9-6-12(30-4)7-14-16(9)21(29)19-22(32-10(2)25)17-13(27)8-15(31-5)20(28)18(17)23(24(19)34-14)33-11(3)26/h6-8H,1-5H3. The van der Waals surface area contributed by atoms with Crippen LogP contribution in [-0.4, -0.2) is 37.7 Å². The van der Waals surface area contributed by atoms with Gasteiger partial charge in [0.15, 0.2) is 28.6 Å². The molecule has 0 spiro atoms. The molecule has 34 heavy (non-hydrogen) atoms. The third kappa shape index (κ3) is 3.40. The van der Waals surface area contributed by atoms with E-state index >= 15 is 0 Å². The Hall–Kier alpha value is -4.47. The van der Waals surface area contributed by atoms with Crippen LogP contribution < -0.4 is 19.6 Å². The van der Waals surface area contributed by atoms with Gasteiger partial charge in [-0.25, -0.2) is 0 Å². The molecule has 0 atom stereocenters. The van der Waals surface area contributed by atoms with Gasteiger partial charge in [0, 0.05) is 26.0 Å². The topological polar surface area (TPSA) is 135 Å². The van der Waals surface area contributed by atoms with Gasteiger partial charge in [-0.2, -0.15) is 0 Å². The molecule has 10 heteroatoms. The zero-order chi connectivity index (χ0) is 24.9. The van der Waals surface area contributed by atoms with Crippen LogP contribution in [0.4, 0.5) is 0 Å². The van der Waals surface area contributed by atoms with Crippen molar-refractivity contribution in [1.29, 1.82) is 0 Å². The maximum absolute atomic E-state index is 13.7. The highest BCUT2D eigenvalue weighted by Crippen LogP contribution is 2.44. The first-order chi connectivity index (χ1) is 16.1. The lowest BCUT2D eigenvalue weighted by Crippen LogP contribution is -2.23. The molecule has 0 fully saturated rings. The van der Waals surface area contributed by atoms with Gasteiger partial charge in [-0.05, 0) is 18.6 Å². The number of ketones is 2. The van der Waals surface area contributed by atoms with Crippen LogP contribution in [0.2, 0.25) is 0 Å². The Morgan fingerprint density at radius 2 is 1.50 bits per heavy atom. The number of rotatable bonds is 4. The molecule has 10 nitrogen and oxygen atoms in total. The molecule has 174 valence electrons. The van der Waals surface area contributed by atoms with Crippen LogP contribution >= 0.6 is 0 Å². The lowest BCUT2D eigenvalue weighted by Gasteiger charge is -2.21. The Morgan fingerprint density at radius 3 is 2.09 bits per heavy atom. The van der Waals surface area contributed by atoms with Crippen LogP contribution in [-0.2, 0) is 14.3 Å². The predicted molar refractivity (Wildman–Crippen MR) is 118 cm³/mol. The molecule has 0 radical (unpaired) electrons. The summed E-state index contributed by atoms with van der Waals surface area (Å²) in [6, 6.07) is 3.05. The summed E-state index contributed by atoms with van der Waals surface area (Å²) in [5, 5.41) is -0.209. The number of ether oxygens (including phenoxy) is 4. The van der Waals surface area contributed by atoms with Gasteiger partial charge in [0.05, 0.1) is 30.7 Å². The van der Waals surface area contributed by atoms with Gasteiger partial charge in [0.2, 0.25) is 11.2 Å². The van der Waals surface area contributed by atoms with E-state index in [1.807, 2.05) is 0 Å². The number of hydrogen-bond acceptors (Lipinski definition) is 10. The number of allylic oxidation sites excluding steroid dienone is 2. The molecule has 0 bridgehead atoms. The monoisotopic (exact) mass is 466 g/mol. The van der Waals surface area contributed by atoms with E-state index in [4.69, 9.17) is 23.4 Å². The summed E-state index contributed by atoms with van der Waals surface area (Å²) in [5.41, 5.74) is -1.31. The van der Waals surface area contributed by atoms with Crippen molar-refractivity contribution < 1.29 is 42.5 Å². The largest absolute Gasteiger partial charge is 0.497 e. The highest BCUT2D eigenvalue weighted by atomic mass is 16.5. The van der Waals surface area contributed by atoms with E-state index in [9.17, 15) is 24.0 Å². The molecule has 1 heterocycles. The van der Waals surface area contributed by atoms with Gasteiger partial charge in [0.25, 0.3) is 0 Å². The quantitative estimate of drug-likeness (QED) is 0.321. The number of esters is 2. The SMILES string of the molecule is COC1=CC(=O)c2c(c(OC(C)=O)c3oc4cc(OC)cc(C)c4c(=O)c3c2OC(C)=O)C1=O.